The zero-order chi connectivity index (χ0) is 29.9. The highest BCUT2D eigenvalue weighted by atomic mass is 16.5. The van der Waals surface area contributed by atoms with Crippen LogP contribution in [0.3, 0.4) is 0 Å². The first kappa shape index (κ1) is 28.9. The molecule has 0 saturated carbocycles. The molecule has 2 aromatic heterocycles. The zero-order valence-corrected chi connectivity index (χ0v) is 25.0. The Morgan fingerprint density at radius 2 is 1.88 bits per heavy atom. The third-order valence-corrected chi connectivity index (χ3v) is 8.49. The van der Waals surface area contributed by atoms with Gasteiger partial charge in [0.2, 0.25) is 5.88 Å². The number of aryl methyl sites for hydroxylation is 1. The van der Waals surface area contributed by atoms with E-state index < -0.39 is 5.97 Å². The molecule has 2 aliphatic rings. The van der Waals surface area contributed by atoms with Gasteiger partial charge in [-0.25, -0.2) is 9.78 Å². The molecule has 0 aliphatic carbocycles. The fourth-order valence-electron chi connectivity index (χ4n) is 5.97. The normalized spacial score (nSPS) is 16.7. The molecular weight excluding hydrogens is 544 g/mol. The number of aromatic nitrogens is 3. The first-order valence-electron chi connectivity index (χ1n) is 15.0. The molecule has 1 saturated heterocycles. The Morgan fingerprint density at radius 1 is 1.07 bits per heavy atom. The number of aromatic carboxylic acids is 1. The first-order valence-corrected chi connectivity index (χ1v) is 15.0. The van der Waals surface area contributed by atoms with Gasteiger partial charge in [0.05, 0.1) is 24.6 Å². The van der Waals surface area contributed by atoms with Gasteiger partial charge in [0, 0.05) is 31.8 Å². The molecule has 0 radical (unpaired) electrons. The second kappa shape index (κ2) is 12.6. The molecule has 0 amide bonds. The Kier molecular flexibility index (Phi) is 8.44. The van der Waals surface area contributed by atoms with Gasteiger partial charge in [0.1, 0.15) is 17.9 Å². The van der Waals surface area contributed by atoms with E-state index >= 15 is 0 Å². The number of nitrogens with zero attached hydrogens (tertiary/aromatic N) is 4. The van der Waals surface area contributed by atoms with Crippen LogP contribution in [-0.2, 0) is 24.2 Å². The lowest BCUT2D eigenvalue weighted by atomic mass is 9.94. The van der Waals surface area contributed by atoms with Crippen LogP contribution in [0.25, 0.3) is 17.1 Å². The van der Waals surface area contributed by atoms with Gasteiger partial charge in [-0.2, -0.15) is 9.78 Å². The summed E-state index contributed by atoms with van der Waals surface area (Å²) in [6.45, 7) is 10.9. The van der Waals surface area contributed by atoms with E-state index in [-0.39, 0.29) is 11.4 Å². The molecule has 1 N–H and O–H groups in total. The van der Waals surface area contributed by atoms with Gasteiger partial charge in [0.25, 0.3) is 0 Å². The van der Waals surface area contributed by atoms with Crippen molar-refractivity contribution < 1.29 is 24.1 Å². The third kappa shape index (κ3) is 6.00. The molecule has 43 heavy (non-hydrogen) atoms. The summed E-state index contributed by atoms with van der Waals surface area (Å²) in [6, 6.07) is 16.1. The highest BCUT2D eigenvalue weighted by Gasteiger charge is 2.24. The van der Waals surface area contributed by atoms with Crippen molar-refractivity contribution in [3.63, 3.8) is 0 Å². The summed E-state index contributed by atoms with van der Waals surface area (Å²) in [5.41, 5.74) is 7.93. The van der Waals surface area contributed by atoms with E-state index in [4.69, 9.17) is 19.2 Å². The Labute approximate surface area is 252 Å². The number of carboxylic acid groups (broad SMARTS) is 1. The highest BCUT2D eigenvalue weighted by molar-refractivity contribution is 5.90. The van der Waals surface area contributed by atoms with Gasteiger partial charge in [-0.15, -0.1) is 0 Å². The van der Waals surface area contributed by atoms with E-state index in [0.29, 0.717) is 30.8 Å². The van der Waals surface area contributed by atoms with E-state index in [1.165, 1.54) is 39.6 Å². The summed E-state index contributed by atoms with van der Waals surface area (Å²) in [5, 5.41) is 13.8. The number of hydrogen-bond donors (Lipinski definition) is 1. The third-order valence-electron chi connectivity index (χ3n) is 8.49. The van der Waals surface area contributed by atoms with Crippen molar-refractivity contribution in [3.8, 4) is 28.7 Å². The van der Waals surface area contributed by atoms with Crippen LogP contribution in [0, 0.1) is 13.8 Å². The average molecular weight is 583 g/mol. The van der Waals surface area contributed by atoms with E-state index in [1.807, 2.05) is 37.3 Å². The molecule has 224 valence electrons. The number of carbonyl (C=O) groups is 1. The average Bonchev–Trinajstić information content (AvgIpc) is 3.29. The number of pyridine rings is 1. The van der Waals surface area contributed by atoms with Crippen molar-refractivity contribution in [2.24, 2.45) is 0 Å². The van der Waals surface area contributed by atoms with E-state index in [9.17, 15) is 9.90 Å². The molecule has 4 heterocycles. The number of hydrogen-bond acceptors (Lipinski definition) is 7. The Hall–Kier alpha value is -4.21. The molecule has 0 bridgehead atoms. The van der Waals surface area contributed by atoms with Gasteiger partial charge in [-0.1, -0.05) is 30.3 Å². The van der Waals surface area contributed by atoms with Crippen molar-refractivity contribution in [2.75, 3.05) is 32.8 Å². The second-order valence-corrected chi connectivity index (χ2v) is 11.2. The van der Waals surface area contributed by atoms with Crippen molar-refractivity contribution >= 4 is 5.97 Å². The summed E-state index contributed by atoms with van der Waals surface area (Å²) in [4.78, 5) is 19.1. The van der Waals surface area contributed by atoms with Crippen LogP contribution in [-0.4, -0.2) is 69.7 Å². The fraction of sp³-hybridized carbons (Fsp3) is 0.382. The van der Waals surface area contributed by atoms with Crippen LogP contribution in [0.2, 0.25) is 0 Å². The van der Waals surface area contributed by atoms with E-state index in [2.05, 4.69) is 29.1 Å². The zero-order valence-electron chi connectivity index (χ0n) is 25.0. The van der Waals surface area contributed by atoms with E-state index in [1.54, 1.807) is 13.0 Å². The summed E-state index contributed by atoms with van der Waals surface area (Å²) in [7, 11) is 0. The maximum atomic E-state index is 11.7. The second-order valence-electron chi connectivity index (χ2n) is 11.2. The van der Waals surface area contributed by atoms with Crippen molar-refractivity contribution in [2.45, 2.75) is 52.7 Å². The standard InChI is InChI=1S/C34H38N4O5/c1-4-41-33-29(34(39)40)19-35-38(33)31-10-6-9-30(36-31)28-8-5-7-22(2)32(28)43-21-25-12-11-24-13-16-37(20-26-15-18-42-26)17-14-27(24)23(25)3/h5-12,19,26H,4,13-18,20-21H2,1-3H3,(H,39,40)/t26-/m1/s1. The molecule has 0 unspecified atom stereocenters. The van der Waals surface area contributed by atoms with Gasteiger partial charge in [0.15, 0.2) is 5.82 Å². The molecule has 4 aromatic rings. The van der Waals surface area contributed by atoms with Crippen molar-refractivity contribution in [1.29, 1.82) is 0 Å². The topological polar surface area (TPSA) is 98.9 Å². The molecule has 6 rings (SSSR count). The maximum Gasteiger partial charge on any atom is 0.342 e. The number of para-hydroxylation sites is 1. The van der Waals surface area contributed by atoms with Crippen LogP contribution in [0.15, 0.2) is 54.7 Å². The monoisotopic (exact) mass is 582 g/mol. The van der Waals surface area contributed by atoms with Crippen molar-refractivity contribution in [1.82, 2.24) is 19.7 Å². The van der Waals surface area contributed by atoms with E-state index in [0.717, 1.165) is 56.0 Å². The number of ether oxygens (including phenoxy) is 3. The smallest absolute Gasteiger partial charge is 0.342 e. The highest BCUT2D eigenvalue weighted by Crippen LogP contribution is 2.34. The van der Waals surface area contributed by atoms with Gasteiger partial charge >= 0.3 is 5.97 Å². The van der Waals surface area contributed by atoms with Crippen molar-refractivity contribution in [3.05, 3.63) is 88.1 Å². The van der Waals surface area contributed by atoms with Gasteiger partial charge in [-0.3, -0.25) is 0 Å². The summed E-state index contributed by atoms with van der Waals surface area (Å²) < 4.78 is 19.3. The van der Waals surface area contributed by atoms with Gasteiger partial charge in [-0.05, 0) is 86.1 Å². The minimum Gasteiger partial charge on any atom is -0.488 e. The molecular formula is C34H38N4O5. The minimum atomic E-state index is -1.10. The van der Waals surface area contributed by atoms with Crippen LogP contribution in [0.1, 0.15) is 51.5 Å². The Morgan fingerprint density at radius 3 is 2.65 bits per heavy atom. The summed E-state index contributed by atoms with van der Waals surface area (Å²) in [6.07, 6.45) is 4.95. The SMILES string of the molecule is CCOc1c(C(=O)O)cnn1-c1cccc(-c2cccc(C)c2OCc2ccc3c(c2C)CCN(C[C@H]2CCO2)CC3)n1. The lowest BCUT2D eigenvalue weighted by molar-refractivity contribution is -0.0661. The Bertz CT molecular complexity index is 1630. The largest absolute Gasteiger partial charge is 0.488 e. The molecule has 2 aromatic carbocycles. The molecule has 1 atom stereocenters. The quantitative estimate of drug-likeness (QED) is 0.265. The lowest BCUT2D eigenvalue weighted by Gasteiger charge is -2.32. The first-order chi connectivity index (χ1) is 20.9. The number of carboxylic acids is 1. The number of fused-ring (bicyclic) bond motifs is 1. The van der Waals surface area contributed by atoms with Crippen LogP contribution in [0.4, 0.5) is 0 Å². The molecule has 2 aliphatic heterocycles. The fourth-order valence-corrected chi connectivity index (χ4v) is 5.97. The number of benzene rings is 2. The van der Waals surface area contributed by atoms with Crippen LogP contribution in [0.5, 0.6) is 11.6 Å². The minimum absolute atomic E-state index is 0.00941. The summed E-state index contributed by atoms with van der Waals surface area (Å²) >= 11 is 0. The summed E-state index contributed by atoms with van der Waals surface area (Å²) in [5.74, 6) is 0.276. The predicted molar refractivity (Wildman–Crippen MR) is 163 cm³/mol. The predicted octanol–water partition coefficient (Wildman–Crippen LogP) is 5.42. The lowest BCUT2D eigenvalue weighted by Crippen LogP contribution is -2.41. The van der Waals surface area contributed by atoms with Crippen LogP contribution >= 0.6 is 0 Å². The van der Waals surface area contributed by atoms with Gasteiger partial charge < -0.3 is 24.2 Å². The molecule has 0 spiro atoms. The molecule has 9 heteroatoms. The number of rotatable bonds is 10. The Balaban J connectivity index is 1.24. The maximum absolute atomic E-state index is 11.7. The molecule has 9 nitrogen and oxygen atoms in total. The van der Waals surface area contributed by atoms with Crippen LogP contribution < -0.4 is 9.47 Å². The molecule has 1 fully saturated rings.